The number of nitrogens with two attached hydrogens (primary N) is 3. The topological polar surface area (TPSA) is 376 Å². The number of guanidine groups is 1. The number of nitrogens with one attached hydrogen (secondary N) is 9. The zero-order valence-corrected chi connectivity index (χ0v) is 44.5. The van der Waals surface area contributed by atoms with Crippen molar-refractivity contribution in [1.29, 1.82) is 0 Å². The van der Waals surface area contributed by atoms with Gasteiger partial charge in [0.05, 0.1) is 12.6 Å². The molecule has 408 valence electrons. The van der Waals surface area contributed by atoms with Gasteiger partial charge in [-0.15, -0.1) is 0 Å². The summed E-state index contributed by atoms with van der Waals surface area (Å²) in [7, 11) is 0. The van der Waals surface area contributed by atoms with Crippen LogP contribution in [0.4, 0.5) is 0 Å². The van der Waals surface area contributed by atoms with E-state index in [0.717, 1.165) is 10.9 Å². The van der Waals surface area contributed by atoms with Crippen molar-refractivity contribution in [2.45, 2.75) is 156 Å². The van der Waals surface area contributed by atoms with Crippen LogP contribution in [0.5, 0.6) is 0 Å². The number of fused-ring (bicyclic) bond motifs is 1. The van der Waals surface area contributed by atoms with E-state index in [1.54, 1.807) is 12.3 Å². The van der Waals surface area contributed by atoms with Gasteiger partial charge in [-0.3, -0.25) is 43.3 Å². The molecule has 0 aliphatic carbocycles. The number of H-pyrrole nitrogens is 1. The molecule has 8 atom stereocenters. The number of benzene rings is 1. The molecule has 73 heavy (non-hydrogen) atoms. The van der Waals surface area contributed by atoms with Crippen molar-refractivity contribution in [2.24, 2.45) is 45.9 Å². The Hall–Kier alpha value is -6.43. The zero-order chi connectivity index (χ0) is 55.1. The summed E-state index contributed by atoms with van der Waals surface area (Å²) in [6, 6.07) is -2.09. The fraction of sp³-hybridized carbons (Fsp3) is 0.633. The summed E-state index contributed by atoms with van der Waals surface area (Å²) in [6.45, 7) is 15.6. The largest absolute Gasteiger partial charge is 0.480 e. The van der Waals surface area contributed by atoms with Crippen molar-refractivity contribution in [2.75, 3.05) is 18.8 Å². The lowest BCUT2D eigenvalue weighted by Gasteiger charge is -2.27. The second kappa shape index (κ2) is 31.2. The number of rotatable bonds is 32. The highest BCUT2D eigenvalue weighted by Gasteiger charge is 2.34. The predicted molar refractivity (Wildman–Crippen MR) is 281 cm³/mol. The number of hydrogen-bond acceptors (Lipinski definition) is 12. The first-order valence-corrected chi connectivity index (χ1v) is 25.4. The smallest absolute Gasteiger partial charge is 0.326 e. The zero-order valence-electron chi connectivity index (χ0n) is 43.6. The van der Waals surface area contributed by atoms with Crippen LogP contribution in [0.1, 0.15) is 106 Å². The number of aromatic nitrogens is 1. The summed E-state index contributed by atoms with van der Waals surface area (Å²) < 4.78 is 0. The monoisotopic (exact) mass is 1040 g/mol. The van der Waals surface area contributed by atoms with Gasteiger partial charge in [-0.05, 0) is 80.8 Å². The molecule has 1 heterocycles. The van der Waals surface area contributed by atoms with Gasteiger partial charge in [-0.2, -0.15) is 12.6 Å². The van der Waals surface area contributed by atoms with E-state index in [-0.39, 0.29) is 86.9 Å². The third-order valence-electron chi connectivity index (χ3n) is 11.3. The first kappa shape index (κ1) is 62.7. The fourth-order valence-electron chi connectivity index (χ4n) is 7.70. The number of carbonyl (C=O) groups is 9. The summed E-state index contributed by atoms with van der Waals surface area (Å²) in [5.74, 6) is -7.67. The Morgan fingerprint density at radius 2 is 1.03 bits per heavy atom. The number of aliphatic imine (C=N–C) groups is 1. The standard InChI is InChI=1S/C49H81N13O10S/c1-25(2)17-34(44(67)59-36(19-27(5)6)45(68)61-38(48(71)72)20-28(7)8)56-40(63)23-55-42(65)37(21-30-22-54-32-14-11-10-13-31(30)32)60-43(66)33(15-12-16-53-49(51)52)57-47(70)39(24-73)62-46(69)35(18-26(3)4)58-41(64)29(9)50/h10-11,13-14,22,25-29,33-39,54,73H,12,15-21,23-24,50H2,1-9H3,(H,55,65)(H,56,63)(H,57,70)(H,58,64)(H,59,67)(H,60,66)(H,61,68)(H,62,69)(H,71,72)(H4,51,52,53)/t29-,33-,34-,35-,36-,37-,38-,39-/m0/s1. The Balaban J connectivity index is 2.41. The normalized spacial score (nSPS) is 14.7. The minimum atomic E-state index is -1.35. The lowest BCUT2D eigenvalue weighted by atomic mass is 9.99. The first-order valence-electron chi connectivity index (χ1n) is 24.8. The van der Waals surface area contributed by atoms with Crippen LogP contribution in [0.3, 0.4) is 0 Å². The van der Waals surface area contributed by atoms with Crippen LogP contribution >= 0.6 is 12.6 Å². The van der Waals surface area contributed by atoms with E-state index in [9.17, 15) is 48.3 Å². The van der Waals surface area contributed by atoms with Crippen LogP contribution in [0, 0.1) is 23.7 Å². The lowest BCUT2D eigenvalue weighted by Crippen LogP contribution is -2.59. The molecule has 0 aliphatic rings. The number of para-hydroxylation sites is 1. The fourth-order valence-corrected chi connectivity index (χ4v) is 7.96. The molecule has 0 spiro atoms. The Kier molecular flexibility index (Phi) is 26.8. The summed E-state index contributed by atoms with van der Waals surface area (Å²) in [5.41, 5.74) is 18.1. The summed E-state index contributed by atoms with van der Waals surface area (Å²) in [5, 5.41) is 31.5. The molecule has 1 aromatic heterocycles. The maximum absolute atomic E-state index is 14.3. The van der Waals surface area contributed by atoms with Crippen LogP contribution in [0.25, 0.3) is 10.9 Å². The lowest BCUT2D eigenvalue weighted by molar-refractivity contribution is -0.143. The van der Waals surface area contributed by atoms with E-state index in [4.69, 9.17) is 17.2 Å². The molecular weight excluding hydrogens is 963 g/mol. The Labute approximate surface area is 433 Å². The molecular formula is C49H81N13O10S. The average Bonchev–Trinajstić information content (AvgIpc) is 3.71. The van der Waals surface area contributed by atoms with Crippen molar-refractivity contribution < 1.29 is 48.3 Å². The molecule has 0 radical (unpaired) electrons. The van der Waals surface area contributed by atoms with Crippen molar-refractivity contribution in [3.8, 4) is 0 Å². The molecule has 0 fully saturated rings. The van der Waals surface area contributed by atoms with Gasteiger partial charge in [-0.25, -0.2) is 4.79 Å². The summed E-state index contributed by atoms with van der Waals surface area (Å²) >= 11 is 4.29. The van der Waals surface area contributed by atoms with Crippen molar-refractivity contribution in [1.82, 2.24) is 47.5 Å². The molecule has 0 unspecified atom stereocenters. The maximum Gasteiger partial charge on any atom is 0.326 e. The van der Waals surface area contributed by atoms with Crippen LogP contribution in [-0.2, 0) is 49.6 Å². The summed E-state index contributed by atoms with van der Waals surface area (Å²) in [4.78, 5) is 128. The van der Waals surface area contributed by atoms with E-state index < -0.39 is 108 Å². The summed E-state index contributed by atoms with van der Waals surface area (Å²) in [6.07, 6.45) is 2.45. The van der Waals surface area contributed by atoms with Gasteiger partial charge in [0, 0.05) is 35.8 Å². The number of aliphatic carboxylic acids is 1. The highest BCUT2D eigenvalue weighted by molar-refractivity contribution is 7.80. The van der Waals surface area contributed by atoms with Crippen molar-refractivity contribution in [3.05, 3.63) is 36.0 Å². The highest BCUT2D eigenvalue weighted by atomic mass is 32.1. The minimum absolute atomic E-state index is 0.0337. The van der Waals surface area contributed by atoms with Gasteiger partial charge in [-0.1, -0.05) is 73.6 Å². The molecule has 2 aromatic rings. The van der Waals surface area contributed by atoms with E-state index >= 15 is 0 Å². The molecule has 0 saturated heterocycles. The van der Waals surface area contributed by atoms with Crippen LogP contribution in [-0.4, -0.2) is 136 Å². The molecule has 1 aromatic carbocycles. The van der Waals surface area contributed by atoms with Crippen LogP contribution in [0.15, 0.2) is 35.5 Å². The van der Waals surface area contributed by atoms with Gasteiger partial charge >= 0.3 is 5.97 Å². The SMILES string of the molecule is CC(C)C[C@H](NC(=O)[C@H](CC(C)C)NC(=O)[C@H](CC(C)C)NC(=O)CNC(=O)[C@H](Cc1c[nH]c2ccccc12)NC(=O)[C@H](CCCN=C(N)N)NC(=O)[C@H](CS)NC(=O)[C@H](CC(C)C)NC(=O)[C@H](C)N)C(=O)O. The van der Waals surface area contributed by atoms with Gasteiger partial charge in [0.25, 0.3) is 0 Å². The quantitative estimate of drug-likeness (QED) is 0.0196. The number of hydrogen-bond donors (Lipinski definition) is 14. The Morgan fingerprint density at radius 1 is 0.589 bits per heavy atom. The van der Waals surface area contributed by atoms with Crippen LogP contribution in [0.2, 0.25) is 0 Å². The van der Waals surface area contributed by atoms with Crippen molar-refractivity contribution in [3.63, 3.8) is 0 Å². The number of carboxylic acids is 1. The van der Waals surface area contributed by atoms with Crippen molar-refractivity contribution >= 4 is 82.7 Å². The molecule has 2 rings (SSSR count). The first-order chi connectivity index (χ1) is 34.2. The van der Waals surface area contributed by atoms with Gasteiger partial charge < -0.3 is 69.8 Å². The molecule has 16 N–H and O–H groups in total. The second-order valence-corrected chi connectivity index (χ2v) is 20.4. The Morgan fingerprint density at radius 3 is 1.53 bits per heavy atom. The molecule has 0 bridgehead atoms. The molecule has 24 heteroatoms. The maximum atomic E-state index is 14.3. The van der Waals surface area contributed by atoms with E-state index in [1.807, 2.05) is 73.6 Å². The highest BCUT2D eigenvalue weighted by Crippen LogP contribution is 2.20. The van der Waals surface area contributed by atoms with Gasteiger partial charge in [0.15, 0.2) is 5.96 Å². The minimum Gasteiger partial charge on any atom is -0.480 e. The van der Waals surface area contributed by atoms with E-state index in [1.165, 1.54) is 6.92 Å². The number of aromatic amines is 1. The molecule has 0 aliphatic heterocycles. The van der Waals surface area contributed by atoms with Gasteiger partial charge in [0.2, 0.25) is 47.3 Å². The number of nitrogens with zero attached hydrogens (tertiary/aromatic N) is 1. The van der Waals surface area contributed by atoms with Crippen LogP contribution < -0.4 is 59.7 Å². The average molecular weight is 1040 g/mol. The molecule has 23 nitrogen and oxygen atoms in total. The number of amides is 8. The molecule has 8 amide bonds. The third-order valence-corrected chi connectivity index (χ3v) is 11.7. The number of thiol groups is 1. The van der Waals surface area contributed by atoms with E-state index in [0.29, 0.717) is 5.56 Å². The second-order valence-electron chi connectivity index (χ2n) is 20.0. The predicted octanol–water partition coefficient (Wildman–Crippen LogP) is -0.180. The third kappa shape index (κ3) is 22.9. The van der Waals surface area contributed by atoms with E-state index in [2.05, 4.69) is 65.1 Å². The number of carboxylic acid groups (broad SMARTS) is 1. The van der Waals surface area contributed by atoms with Gasteiger partial charge in [0.1, 0.15) is 42.3 Å². The Bertz CT molecular complexity index is 2210. The number of carbonyl (C=O) groups excluding carboxylic acids is 8. The molecule has 0 saturated carbocycles.